The van der Waals surface area contributed by atoms with Crippen molar-refractivity contribution in [2.75, 3.05) is 26.3 Å². The zero-order chi connectivity index (χ0) is 21.4. The zero-order valence-corrected chi connectivity index (χ0v) is 19.4. The number of esters is 2. The SMILES string of the molecule is CCCCCCCCCC(=O)OCC[NH2+]CCOC(=O)CCCCCCCCC. The number of unbranched alkanes of at least 4 members (excludes halogenated alkanes) is 12. The quantitative estimate of drug-likeness (QED) is 0.202. The zero-order valence-electron chi connectivity index (χ0n) is 19.4. The number of nitrogens with two attached hydrogens (primary N) is 1. The van der Waals surface area contributed by atoms with E-state index in [1.165, 1.54) is 64.2 Å². The highest BCUT2D eigenvalue weighted by Gasteiger charge is 2.05. The van der Waals surface area contributed by atoms with Gasteiger partial charge < -0.3 is 14.8 Å². The standard InChI is InChI=1S/C24H47NO4/c1-3-5-7-9-11-13-15-17-23(26)28-21-19-25-20-22-29-24(27)18-16-14-12-10-8-6-4-2/h25H,3-22H2,1-2H3/p+1. The van der Waals surface area contributed by atoms with E-state index in [4.69, 9.17) is 9.47 Å². The van der Waals surface area contributed by atoms with Gasteiger partial charge in [-0.3, -0.25) is 9.59 Å². The molecule has 0 unspecified atom stereocenters. The highest BCUT2D eigenvalue weighted by molar-refractivity contribution is 5.69. The third-order valence-electron chi connectivity index (χ3n) is 5.14. The highest BCUT2D eigenvalue weighted by atomic mass is 16.5. The van der Waals surface area contributed by atoms with Crippen molar-refractivity contribution < 1.29 is 24.4 Å². The van der Waals surface area contributed by atoms with E-state index in [1.54, 1.807) is 0 Å². The first-order valence-electron chi connectivity index (χ1n) is 12.3. The van der Waals surface area contributed by atoms with Gasteiger partial charge in [-0.05, 0) is 12.8 Å². The van der Waals surface area contributed by atoms with E-state index < -0.39 is 0 Å². The minimum absolute atomic E-state index is 0.0897. The maximum Gasteiger partial charge on any atom is 0.305 e. The fourth-order valence-corrected chi connectivity index (χ4v) is 3.25. The van der Waals surface area contributed by atoms with Crippen LogP contribution >= 0.6 is 0 Å². The lowest BCUT2D eigenvalue weighted by Gasteiger charge is -2.06. The van der Waals surface area contributed by atoms with Crippen molar-refractivity contribution >= 4 is 11.9 Å². The second-order valence-electron chi connectivity index (χ2n) is 8.05. The fourth-order valence-electron chi connectivity index (χ4n) is 3.25. The number of carbonyl (C=O) groups is 2. The predicted octanol–water partition coefficient (Wildman–Crippen LogP) is 4.92. The smallest absolute Gasteiger partial charge is 0.305 e. The summed E-state index contributed by atoms with van der Waals surface area (Å²) in [5, 5.41) is 2.03. The van der Waals surface area contributed by atoms with Gasteiger partial charge in [-0.2, -0.15) is 0 Å². The van der Waals surface area contributed by atoms with Gasteiger partial charge in [0.05, 0.1) is 0 Å². The van der Waals surface area contributed by atoms with Gasteiger partial charge in [-0.1, -0.05) is 90.9 Å². The Hall–Kier alpha value is -1.10. The molecular formula is C24H48NO4+. The van der Waals surface area contributed by atoms with Gasteiger partial charge in [0.2, 0.25) is 0 Å². The number of hydrogen-bond donors (Lipinski definition) is 1. The van der Waals surface area contributed by atoms with Crippen molar-refractivity contribution in [1.82, 2.24) is 0 Å². The summed E-state index contributed by atoms with van der Waals surface area (Å²) in [5.74, 6) is -0.179. The molecule has 0 heterocycles. The molecule has 2 N–H and O–H groups in total. The van der Waals surface area contributed by atoms with E-state index >= 15 is 0 Å². The molecule has 5 nitrogen and oxygen atoms in total. The molecule has 0 aromatic rings. The molecule has 5 heteroatoms. The van der Waals surface area contributed by atoms with E-state index in [9.17, 15) is 9.59 Å². The van der Waals surface area contributed by atoms with Crippen LogP contribution < -0.4 is 5.32 Å². The van der Waals surface area contributed by atoms with E-state index in [-0.39, 0.29) is 11.9 Å². The maximum atomic E-state index is 11.6. The molecule has 0 aliphatic rings. The molecule has 0 aliphatic heterocycles. The molecular weight excluding hydrogens is 366 g/mol. The monoisotopic (exact) mass is 414 g/mol. The maximum absolute atomic E-state index is 11.6. The summed E-state index contributed by atoms with van der Waals surface area (Å²) in [6.07, 6.45) is 18.0. The first kappa shape index (κ1) is 27.9. The Morgan fingerprint density at radius 3 is 1.28 bits per heavy atom. The summed E-state index contributed by atoms with van der Waals surface area (Å²) in [6, 6.07) is 0. The van der Waals surface area contributed by atoms with Crippen LogP contribution in [0.15, 0.2) is 0 Å². The van der Waals surface area contributed by atoms with Gasteiger partial charge in [-0.25, -0.2) is 0 Å². The molecule has 0 bridgehead atoms. The lowest BCUT2D eigenvalue weighted by atomic mass is 10.1. The predicted molar refractivity (Wildman–Crippen MR) is 119 cm³/mol. The Labute approximate surface area is 179 Å². The largest absolute Gasteiger partial charge is 0.460 e. The van der Waals surface area contributed by atoms with E-state index in [0.717, 1.165) is 38.8 Å². The lowest BCUT2D eigenvalue weighted by molar-refractivity contribution is -0.656. The van der Waals surface area contributed by atoms with Crippen LogP contribution in [0.5, 0.6) is 0 Å². The van der Waals surface area contributed by atoms with Gasteiger partial charge in [0.25, 0.3) is 0 Å². The topological polar surface area (TPSA) is 69.2 Å². The summed E-state index contributed by atoms with van der Waals surface area (Å²) in [4.78, 5) is 23.3. The second-order valence-corrected chi connectivity index (χ2v) is 8.05. The molecule has 0 fully saturated rings. The molecule has 0 saturated carbocycles. The van der Waals surface area contributed by atoms with Crippen molar-refractivity contribution in [2.45, 2.75) is 117 Å². The molecule has 0 aromatic carbocycles. The van der Waals surface area contributed by atoms with Crippen molar-refractivity contribution in [3.8, 4) is 0 Å². The summed E-state index contributed by atoms with van der Waals surface area (Å²) in [7, 11) is 0. The summed E-state index contributed by atoms with van der Waals surface area (Å²) in [5.41, 5.74) is 0. The van der Waals surface area contributed by atoms with Crippen LogP contribution in [-0.4, -0.2) is 38.2 Å². The Bertz CT molecular complexity index is 340. The van der Waals surface area contributed by atoms with Crippen LogP contribution in [0.25, 0.3) is 0 Å². The summed E-state index contributed by atoms with van der Waals surface area (Å²) in [6.45, 7) is 6.74. The number of hydrogen-bond acceptors (Lipinski definition) is 4. The minimum atomic E-state index is -0.0897. The van der Waals surface area contributed by atoms with E-state index in [1.807, 2.05) is 5.32 Å². The molecule has 0 radical (unpaired) electrons. The lowest BCUT2D eigenvalue weighted by Crippen LogP contribution is -2.86. The number of rotatable bonds is 22. The molecule has 0 aliphatic carbocycles. The summed E-state index contributed by atoms with van der Waals surface area (Å²) < 4.78 is 10.5. The van der Waals surface area contributed by atoms with Gasteiger partial charge in [0.1, 0.15) is 26.3 Å². The third-order valence-corrected chi connectivity index (χ3v) is 5.14. The number of quaternary nitrogens is 1. The van der Waals surface area contributed by atoms with E-state index in [2.05, 4.69) is 13.8 Å². The first-order chi connectivity index (χ1) is 14.2. The van der Waals surface area contributed by atoms with Crippen LogP contribution in [0.4, 0.5) is 0 Å². The number of carbonyl (C=O) groups excluding carboxylic acids is 2. The van der Waals surface area contributed by atoms with Gasteiger partial charge in [-0.15, -0.1) is 0 Å². The molecule has 0 aromatic heterocycles. The second kappa shape index (κ2) is 23.2. The molecule has 172 valence electrons. The molecule has 0 amide bonds. The molecule has 0 rings (SSSR count). The molecule has 0 saturated heterocycles. The highest BCUT2D eigenvalue weighted by Crippen LogP contribution is 2.09. The van der Waals surface area contributed by atoms with Crippen molar-refractivity contribution in [3.63, 3.8) is 0 Å². The van der Waals surface area contributed by atoms with Gasteiger partial charge in [0.15, 0.2) is 0 Å². The summed E-state index contributed by atoms with van der Waals surface area (Å²) >= 11 is 0. The number of ether oxygens (including phenoxy) is 2. The molecule has 0 spiro atoms. The van der Waals surface area contributed by atoms with Crippen LogP contribution in [0.1, 0.15) is 117 Å². The Morgan fingerprint density at radius 2 is 0.897 bits per heavy atom. The van der Waals surface area contributed by atoms with Crippen LogP contribution in [-0.2, 0) is 19.1 Å². The van der Waals surface area contributed by atoms with Gasteiger partial charge >= 0.3 is 11.9 Å². The average molecular weight is 415 g/mol. The van der Waals surface area contributed by atoms with Crippen LogP contribution in [0.2, 0.25) is 0 Å². The van der Waals surface area contributed by atoms with Crippen LogP contribution in [0.3, 0.4) is 0 Å². The van der Waals surface area contributed by atoms with Crippen molar-refractivity contribution in [2.24, 2.45) is 0 Å². The normalized spacial score (nSPS) is 10.8. The Balaban J connectivity index is 3.27. The molecule has 29 heavy (non-hydrogen) atoms. The third kappa shape index (κ3) is 23.0. The molecule has 0 atom stereocenters. The van der Waals surface area contributed by atoms with Crippen LogP contribution in [0, 0.1) is 0 Å². The minimum Gasteiger partial charge on any atom is -0.460 e. The van der Waals surface area contributed by atoms with E-state index in [0.29, 0.717) is 26.1 Å². The average Bonchev–Trinajstić information content (AvgIpc) is 2.71. The first-order valence-corrected chi connectivity index (χ1v) is 12.3. The Morgan fingerprint density at radius 1 is 0.552 bits per heavy atom. The Kier molecular flexibility index (Phi) is 22.3. The van der Waals surface area contributed by atoms with Gasteiger partial charge in [0, 0.05) is 12.8 Å². The fraction of sp³-hybridized carbons (Fsp3) is 0.917. The van der Waals surface area contributed by atoms with Crippen molar-refractivity contribution in [3.05, 3.63) is 0 Å². The van der Waals surface area contributed by atoms with Crippen molar-refractivity contribution in [1.29, 1.82) is 0 Å².